The van der Waals surface area contributed by atoms with Crippen LogP contribution in [0.5, 0.6) is 11.5 Å². The molecule has 1 amide bonds. The average molecular weight is 429 g/mol. The monoisotopic (exact) mass is 428 g/mol. The van der Waals surface area contributed by atoms with Crippen molar-refractivity contribution in [2.75, 3.05) is 14.2 Å². The number of ether oxygens (including phenoxy) is 2. The average Bonchev–Trinajstić information content (AvgIpc) is 3.16. The Labute approximate surface area is 164 Å². The van der Waals surface area contributed by atoms with Crippen molar-refractivity contribution in [3.05, 3.63) is 64.3 Å². The molecule has 0 fully saturated rings. The standard InChI is InChI=1S/C19H17BrN4O3/c1-26-16-8-5-13(9-17(16)27-2)18-14(10-21-23-18)11-22-24-19(25)12-3-6-15(20)7-4-12/h3-11H,1-2H3,(H,21,23)(H,24,25)/b22-11-. The second kappa shape index (κ2) is 8.50. The third kappa shape index (κ3) is 4.35. The lowest BCUT2D eigenvalue weighted by Crippen LogP contribution is -2.17. The molecule has 0 unspecified atom stereocenters. The van der Waals surface area contributed by atoms with Crippen molar-refractivity contribution in [2.24, 2.45) is 5.10 Å². The summed E-state index contributed by atoms with van der Waals surface area (Å²) in [7, 11) is 3.16. The Morgan fingerprint density at radius 2 is 1.89 bits per heavy atom. The number of hydrogen-bond donors (Lipinski definition) is 2. The molecule has 0 spiro atoms. The molecule has 0 bridgehead atoms. The summed E-state index contributed by atoms with van der Waals surface area (Å²) in [5.41, 5.74) is 5.34. The molecule has 0 atom stereocenters. The normalized spacial score (nSPS) is 10.8. The molecule has 3 aromatic rings. The number of methoxy groups -OCH3 is 2. The van der Waals surface area contributed by atoms with Gasteiger partial charge in [-0.2, -0.15) is 10.2 Å². The summed E-state index contributed by atoms with van der Waals surface area (Å²) in [6.07, 6.45) is 3.16. The second-order valence-electron chi connectivity index (χ2n) is 5.48. The van der Waals surface area contributed by atoms with Crippen LogP contribution in [0.15, 0.2) is 58.2 Å². The number of aromatic nitrogens is 2. The van der Waals surface area contributed by atoms with E-state index in [1.807, 2.05) is 18.2 Å². The minimum atomic E-state index is -0.296. The number of H-pyrrole nitrogens is 1. The number of nitrogens with one attached hydrogen (secondary N) is 2. The van der Waals surface area contributed by atoms with Crippen molar-refractivity contribution in [1.82, 2.24) is 15.6 Å². The van der Waals surface area contributed by atoms with Crippen molar-refractivity contribution < 1.29 is 14.3 Å². The van der Waals surface area contributed by atoms with Crippen LogP contribution >= 0.6 is 15.9 Å². The van der Waals surface area contributed by atoms with Gasteiger partial charge in [0.05, 0.1) is 32.3 Å². The van der Waals surface area contributed by atoms with E-state index in [1.54, 1.807) is 44.7 Å². The topological polar surface area (TPSA) is 88.6 Å². The Morgan fingerprint density at radius 1 is 1.15 bits per heavy atom. The van der Waals surface area contributed by atoms with Crippen LogP contribution in [0.1, 0.15) is 15.9 Å². The number of carbonyl (C=O) groups excluding carboxylic acids is 1. The lowest BCUT2D eigenvalue weighted by molar-refractivity contribution is 0.0955. The highest BCUT2D eigenvalue weighted by molar-refractivity contribution is 9.10. The van der Waals surface area contributed by atoms with Crippen LogP contribution in [0.3, 0.4) is 0 Å². The first kappa shape index (κ1) is 18.7. The van der Waals surface area contributed by atoms with Gasteiger partial charge in [-0.1, -0.05) is 15.9 Å². The first-order valence-electron chi connectivity index (χ1n) is 7.97. The second-order valence-corrected chi connectivity index (χ2v) is 6.39. The minimum absolute atomic E-state index is 0.296. The summed E-state index contributed by atoms with van der Waals surface area (Å²) in [5, 5.41) is 11.0. The van der Waals surface area contributed by atoms with E-state index in [2.05, 4.69) is 36.7 Å². The number of aromatic amines is 1. The van der Waals surface area contributed by atoms with E-state index in [-0.39, 0.29) is 5.91 Å². The molecule has 1 heterocycles. The van der Waals surface area contributed by atoms with E-state index in [1.165, 1.54) is 6.21 Å². The van der Waals surface area contributed by atoms with Gasteiger partial charge in [0.25, 0.3) is 5.91 Å². The molecular weight excluding hydrogens is 412 g/mol. The molecule has 3 rings (SSSR count). The number of rotatable bonds is 6. The number of nitrogens with zero attached hydrogens (tertiary/aromatic N) is 2. The molecule has 0 saturated carbocycles. The number of hydrogen-bond acceptors (Lipinski definition) is 5. The number of amides is 1. The molecule has 2 N–H and O–H groups in total. The fourth-order valence-corrected chi connectivity index (χ4v) is 2.71. The Kier molecular flexibility index (Phi) is 5.87. The predicted octanol–water partition coefficient (Wildman–Crippen LogP) is 3.62. The van der Waals surface area contributed by atoms with Crippen LogP contribution in [-0.4, -0.2) is 36.5 Å². The molecule has 27 heavy (non-hydrogen) atoms. The van der Waals surface area contributed by atoms with Crippen LogP contribution in [0.2, 0.25) is 0 Å². The number of carbonyl (C=O) groups is 1. The number of benzene rings is 2. The number of halogens is 1. The zero-order chi connectivity index (χ0) is 19.2. The molecule has 0 aliphatic rings. The first-order valence-corrected chi connectivity index (χ1v) is 8.76. The van der Waals surface area contributed by atoms with Crippen molar-refractivity contribution >= 4 is 28.1 Å². The molecule has 0 aliphatic heterocycles. The van der Waals surface area contributed by atoms with Gasteiger partial charge in [0.15, 0.2) is 11.5 Å². The van der Waals surface area contributed by atoms with Gasteiger partial charge in [-0.05, 0) is 42.5 Å². The molecule has 2 aromatic carbocycles. The Balaban J connectivity index is 1.76. The largest absolute Gasteiger partial charge is 0.493 e. The quantitative estimate of drug-likeness (QED) is 0.463. The van der Waals surface area contributed by atoms with Crippen LogP contribution in [-0.2, 0) is 0 Å². The highest BCUT2D eigenvalue weighted by Crippen LogP contribution is 2.32. The minimum Gasteiger partial charge on any atom is -0.493 e. The molecule has 1 aromatic heterocycles. The van der Waals surface area contributed by atoms with E-state index in [4.69, 9.17) is 9.47 Å². The van der Waals surface area contributed by atoms with E-state index in [0.29, 0.717) is 17.1 Å². The highest BCUT2D eigenvalue weighted by atomic mass is 79.9. The van der Waals surface area contributed by atoms with E-state index in [9.17, 15) is 4.79 Å². The molecule has 7 nitrogen and oxygen atoms in total. The molecule has 0 saturated heterocycles. The fourth-order valence-electron chi connectivity index (χ4n) is 2.44. The molecular formula is C19H17BrN4O3. The SMILES string of the molecule is COc1ccc(-c2[nH]ncc2/C=N\NC(=O)c2ccc(Br)cc2)cc1OC. The lowest BCUT2D eigenvalue weighted by Gasteiger charge is -2.09. The Morgan fingerprint density at radius 3 is 2.59 bits per heavy atom. The zero-order valence-electron chi connectivity index (χ0n) is 14.7. The Bertz CT molecular complexity index is 967. The summed E-state index contributed by atoms with van der Waals surface area (Å²) in [6, 6.07) is 12.5. The maximum absolute atomic E-state index is 12.1. The summed E-state index contributed by atoms with van der Waals surface area (Å²) >= 11 is 3.33. The van der Waals surface area contributed by atoms with Gasteiger partial charge in [0.2, 0.25) is 0 Å². The molecule has 8 heteroatoms. The summed E-state index contributed by atoms with van der Waals surface area (Å²) in [6.45, 7) is 0. The molecule has 0 radical (unpaired) electrons. The van der Waals surface area contributed by atoms with E-state index >= 15 is 0 Å². The van der Waals surface area contributed by atoms with Gasteiger partial charge in [-0.3, -0.25) is 9.89 Å². The van der Waals surface area contributed by atoms with Crippen LogP contribution < -0.4 is 14.9 Å². The third-order valence-corrected chi connectivity index (χ3v) is 4.35. The predicted molar refractivity (Wildman–Crippen MR) is 106 cm³/mol. The third-order valence-electron chi connectivity index (χ3n) is 3.82. The lowest BCUT2D eigenvalue weighted by atomic mass is 10.1. The van der Waals surface area contributed by atoms with Crippen molar-refractivity contribution in [1.29, 1.82) is 0 Å². The molecule has 0 aliphatic carbocycles. The fraction of sp³-hybridized carbons (Fsp3) is 0.105. The smallest absolute Gasteiger partial charge is 0.271 e. The van der Waals surface area contributed by atoms with Crippen LogP contribution in [0.4, 0.5) is 0 Å². The maximum Gasteiger partial charge on any atom is 0.271 e. The maximum atomic E-state index is 12.1. The Hall–Kier alpha value is -3.13. The zero-order valence-corrected chi connectivity index (χ0v) is 16.3. The first-order chi connectivity index (χ1) is 13.1. The van der Waals surface area contributed by atoms with Gasteiger partial charge in [-0.25, -0.2) is 5.43 Å². The summed E-state index contributed by atoms with van der Waals surface area (Å²) in [4.78, 5) is 12.1. The van der Waals surface area contributed by atoms with Gasteiger partial charge in [-0.15, -0.1) is 0 Å². The van der Waals surface area contributed by atoms with Crippen LogP contribution in [0.25, 0.3) is 11.3 Å². The highest BCUT2D eigenvalue weighted by Gasteiger charge is 2.11. The van der Waals surface area contributed by atoms with Gasteiger partial charge >= 0.3 is 0 Å². The van der Waals surface area contributed by atoms with Gasteiger partial charge < -0.3 is 9.47 Å². The van der Waals surface area contributed by atoms with E-state index in [0.717, 1.165) is 21.3 Å². The van der Waals surface area contributed by atoms with E-state index < -0.39 is 0 Å². The van der Waals surface area contributed by atoms with Crippen molar-refractivity contribution in [2.45, 2.75) is 0 Å². The number of hydrazone groups is 1. The van der Waals surface area contributed by atoms with Gasteiger partial charge in [0, 0.05) is 21.2 Å². The van der Waals surface area contributed by atoms with Crippen LogP contribution in [0, 0.1) is 0 Å². The molecule has 138 valence electrons. The summed E-state index contributed by atoms with van der Waals surface area (Å²) < 4.78 is 11.5. The van der Waals surface area contributed by atoms with Crippen molar-refractivity contribution in [3.8, 4) is 22.8 Å². The van der Waals surface area contributed by atoms with Crippen molar-refractivity contribution in [3.63, 3.8) is 0 Å². The summed E-state index contributed by atoms with van der Waals surface area (Å²) in [5.74, 6) is 0.948. The van der Waals surface area contributed by atoms with Gasteiger partial charge in [0.1, 0.15) is 0 Å².